The van der Waals surface area contributed by atoms with Crippen LogP contribution in [-0.4, -0.2) is 48.9 Å². The number of carbonyl (C=O) groups excluding carboxylic acids is 1. The number of nitrogens with zero attached hydrogens (tertiary/aromatic N) is 2. The van der Waals surface area contributed by atoms with Crippen molar-refractivity contribution in [2.45, 2.75) is 31.0 Å². The zero-order valence-electron chi connectivity index (χ0n) is 14.9. The summed E-state index contributed by atoms with van der Waals surface area (Å²) in [5, 5.41) is 2.77. The van der Waals surface area contributed by atoms with Crippen molar-refractivity contribution in [1.82, 2.24) is 9.29 Å². The number of amides is 1. The number of morpholine rings is 1. The van der Waals surface area contributed by atoms with E-state index in [0.717, 1.165) is 0 Å². The molecule has 0 saturated carbocycles. The molecule has 1 saturated heterocycles. The number of pyridine rings is 1. The van der Waals surface area contributed by atoms with Gasteiger partial charge in [0, 0.05) is 36.7 Å². The van der Waals surface area contributed by atoms with E-state index in [2.05, 4.69) is 10.3 Å². The van der Waals surface area contributed by atoms with Crippen LogP contribution in [0, 0.1) is 0 Å². The molecule has 0 aliphatic carbocycles. The number of hydrogen-bond acceptors (Lipinski definition) is 5. The highest BCUT2D eigenvalue weighted by molar-refractivity contribution is 7.89. The van der Waals surface area contributed by atoms with Gasteiger partial charge in [0.25, 0.3) is 5.91 Å². The van der Waals surface area contributed by atoms with E-state index in [9.17, 15) is 13.2 Å². The maximum absolute atomic E-state index is 13.1. The van der Waals surface area contributed by atoms with Crippen LogP contribution in [-0.2, 0) is 14.8 Å². The smallest absolute Gasteiger partial charge is 0.255 e. The predicted molar refractivity (Wildman–Crippen MR) is 102 cm³/mol. The van der Waals surface area contributed by atoms with Crippen LogP contribution in [0.15, 0.2) is 47.6 Å². The van der Waals surface area contributed by atoms with Crippen LogP contribution in [0.1, 0.15) is 24.2 Å². The van der Waals surface area contributed by atoms with Gasteiger partial charge in [0.05, 0.1) is 17.2 Å². The third-order valence-electron chi connectivity index (χ3n) is 4.14. The van der Waals surface area contributed by atoms with Crippen LogP contribution in [0.4, 0.5) is 5.69 Å². The summed E-state index contributed by atoms with van der Waals surface area (Å²) < 4.78 is 33.1. The van der Waals surface area contributed by atoms with Crippen molar-refractivity contribution in [1.29, 1.82) is 0 Å². The number of rotatable bonds is 4. The molecule has 27 heavy (non-hydrogen) atoms. The number of hydrogen-bond donors (Lipinski definition) is 1. The summed E-state index contributed by atoms with van der Waals surface area (Å²) in [6.07, 6.45) is 2.66. The van der Waals surface area contributed by atoms with Crippen molar-refractivity contribution in [2.24, 2.45) is 0 Å². The normalized spacial score (nSPS) is 21.0. The Labute approximate surface area is 163 Å². The first-order valence-electron chi connectivity index (χ1n) is 8.44. The fourth-order valence-electron chi connectivity index (χ4n) is 2.95. The Morgan fingerprint density at radius 3 is 2.44 bits per heavy atom. The maximum atomic E-state index is 13.1. The monoisotopic (exact) mass is 409 g/mol. The molecule has 1 aromatic heterocycles. The molecule has 1 amide bonds. The molecule has 3 rings (SSSR count). The third kappa shape index (κ3) is 4.47. The van der Waals surface area contributed by atoms with Gasteiger partial charge in [-0.2, -0.15) is 4.31 Å². The molecule has 0 spiro atoms. The molecular weight excluding hydrogens is 390 g/mol. The van der Waals surface area contributed by atoms with Gasteiger partial charge >= 0.3 is 0 Å². The highest BCUT2D eigenvalue weighted by Crippen LogP contribution is 2.28. The van der Waals surface area contributed by atoms with Crippen molar-refractivity contribution in [2.75, 3.05) is 18.4 Å². The van der Waals surface area contributed by atoms with E-state index in [4.69, 9.17) is 16.3 Å². The SMILES string of the molecule is CC1CN(S(=O)(=O)c2cc(C(=O)Nc3ccncc3)ccc2Cl)CC(C)O1. The Bertz CT molecular complexity index is 927. The number of aromatic nitrogens is 1. The van der Waals surface area contributed by atoms with Crippen molar-refractivity contribution in [3.05, 3.63) is 53.3 Å². The molecule has 1 aromatic carbocycles. The van der Waals surface area contributed by atoms with Crippen LogP contribution < -0.4 is 5.32 Å². The third-order valence-corrected chi connectivity index (χ3v) is 6.45. The number of ether oxygens (including phenoxy) is 1. The van der Waals surface area contributed by atoms with Gasteiger partial charge in [0.2, 0.25) is 10.0 Å². The van der Waals surface area contributed by atoms with Gasteiger partial charge in [-0.3, -0.25) is 9.78 Å². The fraction of sp³-hybridized carbons (Fsp3) is 0.333. The van der Waals surface area contributed by atoms with E-state index in [1.165, 1.54) is 22.5 Å². The minimum atomic E-state index is -3.86. The second kappa shape index (κ2) is 7.93. The van der Waals surface area contributed by atoms with Crippen LogP contribution in [0.25, 0.3) is 0 Å². The highest BCUT2D eigenvalue weighted by atomic mass is 35.5. The molecule has 7 nitrogen and oxygen atoms in total. The van der Waals surface area contributed by atoms with Gasteiger partial charge in [0.1, 0.15) is 4.90 Å². The molecule has 2 heterocycles. The van der Waals surface area contributed by atoms with Gasteiger partial charge in [-0.1, -0.05) is 11.6 Å². The molecule has 2 atom stereocenters. The van der Waals surface area contributed by atoms with Crippen molar-refractivity contribution >= 4 is 33.2 Å². The summed E-state index contributed by atoms with van der Waals surface area (Å²) in [5.41, 5.74) is 0.759. The average Bonchev–Trinajstić information content (AvgIpc) is 2.62. The summed E-state index contributed by atoms with van der Waals surface area (Å²) in [4.78, 5) is 16.3. The molecule has 0 bridgehead atoms. The number of sulfonamides is 1. The Morgan fingerprint density at radius 2 is 1.81 bits per heavy atom. The molecule has 0 radical (unpaired) electrons. The van der Waals surface area contributed by atoms with Crippen molar-refractivity contribution in [3.8, 4) is 0 Å². The number of nitrogens with one attached hydrogen (secondary N) is 1. The largest absolute Gasteiger partial charge is 0.373 e. The lowest BCUT2D eigenvalue weighted by molar-refractivity contribution is -0.0440. The topological polar surface area (TPSA) is 88.6 Å². The summed E-state index contributed by atoms with van der Waals surface area (Å²) >= 11 is 6.16. The van der Waals surface area contributed by atoms with E-state index in [0.29, 0.717) is 5.69 Å². The van der Waals surface area contributed by atoms with Crippen molar-refractivity contribution in [3.63, 3.8) is 0 Å². The van der Waals surface area contributed by atoms with Crippen LogP contribution >= 0.6 is 11.6 Å². The highest BCUT2D eigenvalue weighted by Gasteiger charge is 2.33. The van der Waals surface area contributed by atoms with E-state index < -0.39 is 15.9 Å². The standard InChI is InChI=1S/C18H20ClN3O4S/c1-12-10-22(11-13(2)26-12)27(24,25)17-9-14(3-4-16(17)19)18(23)21-15-5-7-20-8-6-15/h3-9,12-13H,10-11H2,1-2H3,(H,20,21,23). The molecule has 2 unspecified atom stereocenters. The maximum Gasteiger partial charge on any atom is 0.255 e. The molecule has 1 aliphatic rings. The summed E-state index contributed by atoms with van der Waals surface area (Å²) in [7, 11) is -3.86. The molecule has 1 N–H and O–H groups in total. The zero-order chi connectivity index (χ0) is 19.6. The second-order valence-corrected chi connectivity index (χ2v) is 8.73. The first-order valence-corrected chi connectivity index (χ1v) is 10.3. The van der Waals surface area contributed by atoms with Crippen molar-refractivity contribution < 1.29 is 17.9 Å². The van der Waals surface area contributed by atoms with Crippen LogP contribution in [0.3, 0.4) is 0 Å². The molecular formula is C18H20ClN3O4S. The van der Waals surface area contributed by atoms with Gasteiger partial charge in [-0.05, 0) is 44.2 Å². The minimum Gasteiger partial charge on any atom is -0.373 e. The van der Waals surface area contributed by atoms with Crippen LogP contribution in [0.2, 0.25) is 5.02 Å². The number of carbonyl (C=O) groups is 1. The van der Waals surface area contributed by atoms with Gasteiger partial charge < -0.3 is 10.1 Å². The number of halogens is 1. The lowest BCUT2D eigenvalue weighted by atomic mass is 10.2. The quantitative estimate of drug-likeness (QED) is 0.838. The fourth-order valence-corrected chi connectivity index (χ4v) is 5.04. The minimum absolute atomic E-state index is 0.0715. The Kier molecular flexibility index (Phi) is 5.81. The van der Waals surface area contributed by atoms with E-state index in [1.807, 2.05) is 13.8 Å². The van der Waals surface area contributed by atoms with Gasteiger partial charge in [-0.25, -0.2) is 8.42 Å². The molecule has 9 heteroatoms. The Balaban J connectivity index is 1.89. The number of benzene rings is 1. The Hall–Kier alpha value is -2.00. The molecule has 1 aliphatic heterocycles. The second-order valence-electron chi connectivity index (χ2n) is 6.41. The Morgan fingerprint density at radius 1 is 1.19 bits per heavy atom. The lowest BCUT2D eigenvalue weighted by Crippen LogP contribution is -2.48. The summed E-state index contributed by atoms with van der Waals surface area (Å²) in [6.45, 7) is 4.10. The molecule has 1 fully saturated rings. The van der Waals surface area contributed by atoms with Crippen LogP contribution in [0.5, 0.6) is 0 Å². The lowest BCUT2D eigenvalue weighted by Gasteiger charge is -2.34. The van der Waals surface area contributed by atoms with E-state index >= 15 is 0 Å². The number of anilines is 1. The summed E-state index contributed by atoms with van der Waals surface area (Å²) in [6, 6.07) is 7.49. The average molecular weight is 410 g/mol. The zero-order valence-corrected chi connectivity index (χ0v) is 16.5. The summed E-state index contributed by atoms with van der Waals surface area (Å²) in [5.74, 6) is -0.432. The first kappa shape index (κ1) is 19.8. The molecule has 2 aromatic rings. The van der Waals surface area contributed by atoms with Gasteiger partial charge in [0.15, 0.2) is 0 Å². The predicted octanol–water partition coefficient (Wildman–Crippen LogP) is 2.79. The van der Waals surface area contributed by atoms with E-state index in [-0.39, 0.29) is 40.8 Å². The first-order chi connectivity index (χ1) is 12.8. The van der Waals surface area contributed by atoms with Gasteiger partial charge in [-0.15, -0.1) is 0 Å². The molecule has 144 valence electrons. The van der Waals surface area contributed by atoms with E-state index in [1.54, 1.807) is 24.5 Å².